The Balaban J connectivity index is 1.32. The van der Waals surface area contributed by atoms with Gasteiger partial charge in [0.1, 0.15) is 5.82 Å². The van der Waals surface area contributed by atoms with Crippen LogP contribution in [0.3, 0.4) is 0 Å². The van der Waals surface area contributed by atoms with Crippen LogP contribution in [0.25, 0.3) is 0 Å². The maximum atomic E-state index is 12.8. The minimum Gasteiger partial charge on any atom is -0.381 e. The molecule has 9 heteroatoms. The van der Waals surface area contributed by atoms with Crippen molar-refractivity contribution >= 4 is 23.6 Å². The Kier molecular flexibility index (Phi) is 6.69. The summed E-state index contributed by atoms with van der Waals surface area (Å²) in [7, 11) is 0. The van der Waals surface area contributed by atoms with Gasteiger partial charge in [0.05, 0.1) is 25.5 Å². The molecule has 0 bridgehead atoms. The van der Waals surface area contributed by atoms with Gasteiger partial charge < -0.3 is 19.5 Å². The number of ether oxygens (including phenoxy) is 1. The number of hydrogen-bond donors (Lipinski definition) is 1. The summed E-state index contributed by atoms with van der Waals surface area (Å²) in [6, 6.07) is 8.14. The fourth-order valence-electron chi connectivity index (χ4n) is 3.84. The third-order valence-electron chi connectivity index (χ3n) is 5.69. The molecular weight excluding hydrogens is 402 g/mol. The summed E-state index contributed by atoms with van der Waals surface area (Å²) in [6.45, 7) is 3.36. The summed E-state index contributed by atoms with van der Waals surface area (Å²) in [6.07, 6.45) is 3.87. The van der Waals surface area contributed by atoms with E-state index in [-0.39, 0.29) is 17.7 Å². The molecule has 1 fully saturated rings. The number of hydrogen-bond acceptors (Lipinski definition) is 6. The normalized spacial score (nSPS) is 18.7. The topological polar surface area (TPSA) is 89.3 Å². The third kappa shape index (κ3) is 4.84. The molecule has 0 radical (unpaired) electrons. The van der Waals surface area contributed by atoms with E-state index in [1.165, 1.54) is 4.90 Å². The van der Waals surface area contributed by atoms with Gasteiger partial charge >= 0.3 is 0 Å². The highest BCUT2D eigenvalue weighted by molar-refractivity contribution is 7.98. The van der Waals surface area contributed by atoms with E-state index in [0.717, 1.165) is 23.6 Å². The van der Waals surface area contributed by atoms with Gasteiger partial charge in [-0.15, -0.1) is 22.0 Å². The van der Waals surface area contributed by atoms with Gasteiger partial charge in [-0.25, -0.2) is 0 Å². The molecule has 30 heavy (non-hydrogen) atoms. The van der Waals surface area contributed by atoms with Gasteiger partial charge in [0.2, 0.25) is 11.8 Å². The fraction of sp³-hybridized carbons (Fsp3) is 0.524. The summed E-state index contributed by atoms with van der Waals surface area (Å²) in [5.41, 5.74) is 1.03. The van der Waals surface area contributed by atoms with Crippen LogP contribution in [0.2, 0.25) is 0 Å². The highest BCUT2D eigenvalue weighted by Crippen LogP contribution is 2.17. The predicted molar refractivity (Wildman–Crippen MR) is 113 cm³/mol. The second-order valence-corrected chi connectivity index (χ2v) is 8.50. The number of rotatable bonds is 6. The van der Waals surface area contributed by atoms with Crippen molar-refractivity contribution in [3.8, 4) is 0 Å². The van der Waals surface area contributed by atoms with Crippen molar-refractivity contribution in [1.82, 2.24) is 25.0 Å². The fourth-order valence-corrected chi connectivity index (χ4v) is 4.25. The van der Waals surface area contributed by atoms with Gasteiger partial charge in [-0.1, -0.05) is 12.1 Å². The lowest BCUT2D eigenvalue weighted by Gasteiger charge is -2.20. The van der Waals surface area contributed by atoms with Crippen LogP contribution in [0.15, 0.2) is 29.2 Å². The summed E-state index contributed by atoms with van der Waals surface area (Å²) in [5, 5.41) is 11.5. The van der Waals surface area contributed by atoms with Crippen molar-refractivity contribution in [3.63, 3.8) is 0 Å². The van der Waals surface area contributed by atoms with E-state index in [9.17, 15) is 9.59 Å². The van der Waals surface area contributed by atoms with Gasteiger partial charge in [0, 0.05) is 37.6 Å². The maximum Gasteiger partial charge on any atom is 0.227 e. The van der Waals surface area contributed by atoms with Crippen LogP contribution in [0.5, 0.6) is 0 Å². The SMILES string of the molecule is CSc1ccc(CC(=O)N2CCc3nnc(CNC(=O)[C@H]4CCOC4)n3CC2)cc1. The molecule has 1 saturated heterocycles. The number of benzene rings is 1. The van der Waals surface area contributed by atoms with Crippen LogP contribution in [0.1, 0.15) is 23.6 Å². The molecule has 1 atom stereocenters. The first-order valence-corrected chi connectivity index (χ1v) is 11.5. The molecule has 160 valence electrons. The Hall–Kier alpha value is -2.39. The Labute approximate surface area is 180 Å². The van der Waals surface area contributed by atoms with Crippen LogP contribution in [-0.4, -0.2) is 64.0 Å². The van der Waals surface area contributed by atoms with E-state index >= 15 is 0 Å². The van der Waals surface area contributed by atoms with Crippen LogP contribution in [0, 0.1) is 5.92 Å². The Morgan fingerprint density at radius 2 is 2.03 bits per heavy atom. The van der Waals surface area contributed by atoms with Crippen molar-refractivity contribution in [2.45, 2.75) is 37.2 Å². The molecule has 2 aliphatic rings. The Morgan fingerprint density at radius 3 is 2.77 bits per heavy atom. The standard InChI is InChI=1S/C21H27N5O3S/c1-30-17-4-2-15(3-5-17)12-20(27)25-8-6-18-23-24-19(26(18)10-9-25)13-22-21(28)16-7-11-29-14-16/h2-5,16H,6-14H2,1H3,(H,22,28)/t16-/m0/s1. The van der Waals surface area contributed by atoms with Gasteiger partial charge in [-0.05, 0) is 30.4 Å². The minimum atomic E-state index is -0.0744. The van der Waals surface area contributed by atoms with Crippen molar-refractivity contribution in [2.24, 2.45) is 5.92 Å². The second kappa shape index (κ2) is 9.61. The van der Waals surface area contributed by atoms with E-state index in [1.807, 2.05) is 27.9 Å². The summed E-state index contributed by atoms with van der Waals surface area (Å²) in [4.78, 5) is 28.1. The van der Waals surface area contributed by atoms with E-state index in [4.69, 9.17) is 4.74 Å². The molecule has 0 spiro atoms. The van der Waals surface area contributed by atoms with Crippen molar-refractivity contribution < 1.29 is 14.3 Å². The molecule has 0 unspecified atom stereocenters. The van der Waals surface area contributed by atoms with Gasteiger partial charge in [0.25, 0.3) is 0 Å². The van der Waals surface area contributed by atoms with Gasteiger partial charge in [-0.3, -0.25) is 9.59 Å². The van der Waals surface area contributed by atoms with E-state index in [0.29, 0.717) is 52.2 Å². The largest absolute Gasteiger partial charge is 0.381 e. The highest BCUT2D eigenvalue weighted by Gasteiger charge is 2.25. The maximum absolute atomic E-state index is 12.8. The third-order valence-corrected chi connectivity index (χ3v) is 6.43. The van der Waals surface area contributed by atoms with Gasteiger partial charge in [0.15, 0.2) is 5.82 Å². The second-order valence-electron chi connectivity index (χ2n) is 7.62. The molecule has 8 nitrogen and oxygen atoms in total. The molecule has 2 aliphatic heterocycles. The molecule has 3 heterocycles. The predicted octanol–water partition coefficient (Wildman–Crippen LogP) is 1.28. The van der Waals surface area contributed by atoms with Crippen molar-refractivity contribution in [1.29, 1.82) is 0 Å². The lowest BCUT2D eigenvalue weighted by Crippen LogP contribution is -2.35. The lowest BCUT2D eigenvalue weighted by molar-refractivity contribution is -0.130. The van der Waals surface area contributed by atoms with E-state index in [1.54, 1.807) is 11.8 Å². The molecule has 1 aromatic carbocycles. The number of fused-ring (bicyclic) bond motifs is 1. The van der Waals surface area contributed by atoms with Gasteiger partial charge in [-0.2, -0.15) is 0 Å². The summed E-state index contributed by atoms with van der Waals surface area (Å²) < 4.78 is 7.31. The smallest absolute Gasteiger partial charge is 0.227 e. The highest BCUT2D eigenvalue weighted by atomic mass is 32.2. The Bertz CT molecular complexity index is 893. The van der Waals surface area contributed by atoms with Crippen molar-refractivity contribution in [2.75, 3.05) is 32.6 Å². The first-order chi connectivity index (χ1) is 14.6. The first kappa shape index (κ1) is 20.9. The Morgan fingerprint density at radius 1 is 1.20 bits per heavy atom. The molecule has 4 rings (SSSR count). The van der Waals surface area contributed by atoms with Crippen LogP contribution < -0.4 is 5.32 Å². The molecule has 2 amide bonds. The zero-order chi connectivity index (χ0) is 20.9. The van der Waals surface area contributed by atoms with E-state index in [2.05, 4.69) is 27.6 Å². The number of amides is 2. The summed E-state index contributed by atoms with van der Waals surface area (Å²) >= 11 is 1.69. The average molecular weight is 430 g/mol. The lowest BCUT2D eigenvalue weighted by atomic mass is 10.1. The number of nitrogens with one attached hydrogen (secondary N) is 1. The van der Waals surface area contributed by atoms with Crippen LogP contribution >= 0.6 is 11.8 Å². The number of carbonyl (C=O) groups is 2. The minimum absolute atomic E-state index is 0.00256. The van der Waals surface area contributed by atoms with Crippen molar-refractivity contribution in [3.05, 3.63) is 41.5 Å². The molecule has 1 aromatic heterocycles. The summed E-state index contributed by atoms with van der Waals surface area (Å²) in [5.74, 6) is 1.65. The first-order valence-electron chi connectivity index (χ1n) is 10.3. The molecule has 2 aromatic rings. The number of nitrogens with zero attached hydrogens (tertiary/aromatic N) is 4. The zero-order valence-corrected chi connectivity index (χ0v) is 18.0. The number of thioether (sulfide) groups is 1. The van der Waals surface area contributed by atoms with E-state index < -0.39 is 0 Å². The molecular formula is C21H27N5O3S. The number of carbonyl (C=O) groups excluding carboxylic acids is 2. The monoisotopic (exact) mass is 429 g/mol. The number of aromatic nitrogens is 3. The molecule has 0 saturated carbocycles. The molecule has 0 aliphatic carbocycles. The quantitative estimate of drug-likeness (QED) is 0.696. The average Bonchev–Trinajstić information content (AvgIpc) is 3.38. The van der Waals surface area contributed by atoms with Crippen LogP contribution in [0.4, 0.5) is 0 Å². The van der Waals surface area contributed by atoms with Crippen LogP contribution in [-0.2, 0) is 40.3 Å². The zero-order valence-electron chi connectivity index (χ0n) is 17.2. The molecule has 1 N–H and O–H groups in total.